The Morgan fingerprint density at radius 2 is 2.09 bits per heavy atom. The first-order chi connectivity index (χ1) is 10.6. The Labute approximate surface area is 136 Å². The molecule has 1 aromatic carbocycles. The number of hydrogen-bond acceptors (Lipinski definition) is 2. The van der Waals surface area contributed by atoms with Gasteiger partial charge in [-0.05, 0) is 62.9 Å². The summed E-state index contributed by atoms with van der Waals surface area (Å²) in [5, 5.41) is -0.00228. The maximum atomic E-state index is 13.2. The van der Waals surface area contributed by atoms with Crippen molar-refractivity contribution in [1.82, 2.24) is 9.80 Å². The van der Waals surface area contributed by atoms with E-state index < -0.39 is 5.82 Å². The third kappa shape index (κ3) is 3.44. The van der Waals surface area contributed by atoms with Crippen molar-refractivity contribution in [2.75, 3.05) is 26.7 Å². The van der Waals surface area contributed by atoms with Gasteiger partial charge in [-0.2, -0.15) is 0 Å². The zero-order valence-electron chi connectivity index (χ0n) is 12.9. The number of amides is 1. The van der Waals surface area contributed by atoms with Gasteiger partial charge in [-0.15, -0.1) is 0 Å². The summed E-state index contributed by atoms with van der Waals surface area (Å²) in [4.78, 5) is 16.8. The summed E-state index contributed by atoms with van der Waals surface area (Å²) in [6.45, 7) is 3.02. The molecule has 0 N–H and O–H groups in total. The standard InChI is InChI=1S/C17H22ClFN2O/c1-20(17(22)13-6-7-15(19)14(18)10-13)11-16(12-4-5-12)21-8-2-3-9-21/h6-7,10,12,16H,2-5,8-9,11H2,1H3. The molecule has 1 unspecified atom stereocenters. The number of carbonyl (C=O) groups is 1. The minimum absolute atomic E-state index is 0.00228. The van der Waals surface area contributed by atoms with Gasteiger partial charge >= 0.3 is 0 Å². The summed E-state index contributed by atoms with van der Waals surface area (Å²) in [5.41, 5.74) is 0.449. The third-order valence-electron chi connectivity index (χ3n) is 4.75. The van der Waals surface area contributed by atoms with Crippen LogP contribution in [0.2, 0.25) is 5.02 Å². The van der Waals surface area contributed by atoms with Gasteiger partial charge in [-0.1, -0.05) is 11.6 Å². The van der Waals surface area contributed by atoms with E-state index in [0.717, 1.165) is 25.6 Å². The van der Waals surface area contributed by atoms with Gasteiger partial charge < -0.3 is 4.90 Å². The smallest absolute Gasteiger partial charge is 0.253 e. The van der Waals surface area contributed by atoms with Crippen molar-refractivity contribution in [2.45, 2.75) is 31.7 Å². The molecule has 3 rings (SSSR count). The molecule has 1 heterocycles. The molecular weight excluding hydrogens is 303 g/mol. The van der Waals surface area contributed by atoms with Crippen molar-refractivity contribution in [3.05, 3.63) is 34.6 Å². The predicted molar refractivity (Wildman–Crippen MR) is 85.7 cm³/mol. The highest BCUT2D eigenvalue weighted by atomic mass is 35.5. The maximum Gasteiger partial charge on any atom is 0.253 e. The second-order valence-electron chi connectivity index (χ2n) is 6.46. The fourth-order valence-corrected chi connectivity index (χ4v) is 3.51. The maximum absolute atomic E-state index is 13.2. The Morgan fingerprint density at radius 1 is 1.41 bits per heavy atom. The lowest BCUT2D eigenvalue weighted by atomic mass is 10.1. The summed E-state index contributed by atoms with van der Waals surface area (Å²) in [7, 11) is 1.82. The van der Waals surface area contributed by atoms with Crippen LogP contribution in [0.4, 0.5) is 4.39 Å². The van der Waals surface area contributed by atoms with E-state index in [-0.39, 0.29) is 10.9 Å². The summed E-state index contributed by atoms with van der Waals surface area (Å²) in [6, 6.07) is 4.63. The number of likely N-dealkylation sites (tertiary alicyclic amines) is 1. The van der Waals surface area contributed by atoms with Crippen molar-refractivity contribution in [3.63, 3.8) is 0 Å². The average molecular weight is 325 g/mol. The number of benzene rings is 1. The molecule has 0 radical (unpaired) electrons. The van der Waals surface area contributed by atoms with Crippen molar-refractivity contribution < 1.29 is 9.18 Å². The lowest BCUT2D eigenvalue weighted by Crippen LogP contribution is -2.44. The van der Waals surface area contributed by atoms with Crippen LogP contribution in [0, 0.1) is 11.7 Å². The molecule has 0 spiro atoms. The zero-order valence-corrected chi connectivity index (χ0v) is 13.7. The summed E-state index contributed by atoms with van der Waals surface area (Å²) in [6.07, 6.45) is 5.06. The second-order valence-corrected chi connectivity index (χ2v) is 6.87. The molecule has 22 heavy (non-hydrogen) atoms. The van der Waals surface area contributed by atoms with Gasteiger partial charge in [-0.25, -0.2) is 4.39 Å². The number of carbonyl (C=O) groups excluding carboxylic acids is 1. The van der Waals surface area contributed by atoms with Gasteiger partial charge in [0.25, 0.3) is 5.91 Å². The normalized spacial score (nSPS) is 20.1. The fraction of sp³-hybridized carbons (Fsp3) is 0.588. The quantitative estimate of drug-likeness (QED) is 0.828. The van der Waals surface area contributed by atoms with Crippen LogP contribution >= 0.6 is 11.6 Å². The van der Waals surface area contributed by atoms with Gasteiger partial charge in [-0.3, -0.25) is 9.69 Å². The largest absolute Gasteiger partial charge is 0.340 e. The van der Waals surface area contributed by atoms with E-state index in [1.54, 1.807) is 4.90 Å². The van der Waals surface area contributed by atoms with Crippen LogP contribution in [0.25, 0.3) is 0 Å². The van der Waals surface area contributed by atoms with E-state index in [9.17, 15) is 9.18 Å². The lowest BCUT2D eigenvalue weighted by molar-refractivity contribution is 0.0730. The van der Waals surface area contributed by atoms with E-state index in [0.29, 0.717) is 11.6 Å². The Morgan fingerprint density at radius 3 is 2.68 bits per heavy atom. The molecule has 1 saturated heterocycles. The molecule has 2 aliphatic rings. The predicted octanol–water partition coefficient (Wildman–Crippen LogP) is 3.43. The first kappa shape index (κ1) is 15.8. The van der Waals surface area contributed by atoms with E-state index in [4.69, 9.17) is 11.6 Å². The number of halogens is 2. The van der Waals surface area contributed by atoms with Crippen molar-refractivity contribution in [1.29, 1.82) is 0 Å². The van der Waals surface area contributed by atoms with Crippen molar-refractivity contribution in [2.24, 2.45) is 5.92 Å². The molecule has 1 aliphatic carbocycles. The Balaban J connectivity index is 1.67. The molecule has 3 nitrogen and oxygen atoms in total. The monoisotopic (exact) mass is 324 g/mol. The molecular formula is C17H22ClFN2O. The number of rotatable bonds is 5. The number of nitrogens with zero attached hydrogens (tertiary/aromatic N) is 2. The number of likely N-dealkylation sites (N-methyl/N-ethyl adjacent to an activating group) is 1. The molecule has 0 bridgehead atoms. The fourth-order valence-electron chi connectivity index (χ4n) is 3.33. The van der Waals surface area contributed by atoms with Crippen LogP contribution in [0.5, 0.6) is 0 Å². The first-order valence-corrected chi connectivity index (χ1v) is 8.38. The van der Waals surface area contributed by atoms with Crippen LogP contribution in [0.1, 0.15) is 36.0 Å². The zero-order chi connectivity index (χ0) is 15.7. The molecule has 5 heteroatoms. The molecule has 1 saturated carbocycles. The molecule has 1 aliphatic heterocycles. The first-order valence-electron chi connectivity index (χ1n) is 8.01. The van der Waals surface area contributed by atoms with Gasteiger partial charge in [0.2, 0.25) is 0 Å². The van der Waals surface area contributed by atoms with Crippen LogP contribution in [0.3, 0.4) is 0 Å². The van der Waals surface area contributed by atoms with Gasteiger partial charge in [0, 0.05) is 25.2 Å². The Kier molecular flexibility index (Phi) is 4.69. The van der Waals surface area contributed by atoms with Crippen LogP contribution in [-0.4, -0.2) is 48.4 Å². The number of hydrogen-bond donors (Lipinski definition) is 0. The lowest BCUT2D eigenvalue weighted by Gasteiger charge is -2.31. The summed E-state index contributed by atoms with van der Waals surface area (Å²) >= 11 is 5.78. The van der Waals surface area contributed by atoms with Crippen LogP contribution in [-0.2, 0) is 0 Å². The second kappa shape index (κ2) is 6.55. The Bertz CT molecular complexity index is 556. The molecule has 1 atom stereocenters. The third-order valence-corrected chi connectivity index (χ3v) is 5.04. The van der Waals surface area contributed by atoms with Crippen LogP contribution < -0.4 is 0 Å². The molecule has 0 aromatic heterocycles. The van der Waals surface area contributed by atoms with Gasteiger partial charge in [0.1, 0.15) is 5.82 Å². The van der Waals surface area contributed by atoms with Gasteiger partial charge in [0.05, 0.1) is 5.02 Å². The SMILES string of the molecule is CN(CC(C1CC1)N1CCCC1)C(=O)c1ccc(F)c(Cl)c1. The van der Waals surface area contributed by atoms with Crippen molar-refractivity contribution >= 4 is 17.5 Å². The summed E-state index contributed by atoms with van der Waals surface area (Å²) < 4.78 is 13.2. The van der Waals surface area contributed by atoms with Gasteiger partial charge in [0.15, 0.2) is 0 Å². The molecule has 1 aromatic rings. The molecule has 120 valence electrons. The topological polar surface area (TPSA) is 23.6 Å². The van der Waals surface area contributed by atoms with E-state index in [1.165, 1.54) is 43.9 Å². The molecule has 2 fully saturated rings. The van der Waals surface area contributed by atoms with E-state index in [1.807, 2.05) is 7.05 Å². The minimum atomic E-state index is -0.492. The van der Waals surface area contributed by atoms with E-state index in [2.05, 4.69) is 4.90 Å². The average Bonchev–Trinajstić information content (AvgIpc) is 3.20. The highest BCUT2D eigenvalue weighted by molar-refractivity contribution is 6.31. The minimum Gasteiger partial charge on any atom is -0.340 e. The van der Waals surface area contributed by atoms with Crippen molar-refractivity contribution in [3.8, 4) is 0 Å². The summed E-state index contributed by atoms with van der Waals surface area (Å²) in [5.74, 6) is 0.144. The highest BCUT2D eigenvalue weighted by Crippen LogP contribution is 2.37. The molecule has 1 amide bonds. The Hall–Kier alpha value is -1.13. The van der Waals surface area contributed by atoms with Crippen LogP contribution in [0.15, 0.2) is 18.2 Å². The van der Waals surface area contributed by atoms with E-state index >= 15 is 0 Å². The highest BCUT2D eigenvalue weighted by Gasteiger charge is 2.37.